The van der Waals surface area contributed by atoms with E-state index in [2.05, 4.69) is 37.3 Å². The fourth-order valence-electron chi connectivity index (χ4n) is 2.76. The molecule has 0 saturated carbocycles. The van der Waals surface area contributed by atoms with E-state index in [1.165, 1.54) is 0 Å². The lowest BCUT2D eigenvalue weighted by molar-refractivity contribution is 0.0526. The second kappa shape index (κ2) is 14.4. The maximum Gasteiger partial charge on any atom is 0.338 e. The van der Waals surface area contributed by atoms with Crippen LogP contribution in [0.25, 0.3) is 0 Å². The number of rotatable bonds is 12. The first-order chi connectivity index (χ1) is 15.0. The minimum absolute atomic E-state index is 0. The van der Waals surface area contributed by atoms with Crippen LogP contribution in [0, 0.1) is 0 Å². The number of carbonyl (C=O) groups is 1. The predicted octanol–water partition coefficient (Wildman–Crippen LogP) is 4.02. The predicted molar refractivity (Wildman–Crippen MR) is 131 cm³/mol. The third-order valence-electron chi connectivity index (χ3n) is 4.36. The quantitative estimate of drug-likeness (QED) is 0.177. The Morgan fingerprint density at radius 3 is 2.50 bits per heavy atom. The number of hydrogen-bond donors (Lipinski definition) is 3. The highest BCUT2D eigenvalue weighted by atomic mass is 35.5. The van der Waals surface area contributed by atoms with Crippen LogP contribution in [0.15, 0.2) is 34.5 Å². The Bertz CT molecular complexity index is 881. The van der Waals surface area contributed by atoms with Crippen molar-refractivity contribution in [1.82, 2.24) is 14.9 Å². The molecule has 0 bridgehead atoms. The summed E-state index contributed by atoms with van der Waals surface area (Å²) in [5.74, 6) is 0.804. The standard InChI is InChI=1S/C20H29ClN8O2.ClH/c1-3-29(13-10-21)12-5-11-24-18-16(17(22)25-20(23)26-18)28-27-15-8-6-14(7-9-15)19(30)31-4-2;/h6-9H,3-5,10-13H2,1-2H3,(H5,22,23,24,25,26);1H. The molecule has 0 aliphatic carbocycles. The Morgan fingerprint density at radius 2 is 1.88 bits per heavy atom. The van der Waals surface area contributed by atoms with Gasteiger partial charge in [-0.15, -0.1) is 29.1 Å². The van der Waals surface area contributed by atoms with Crippen LogP contribution in [0.1, 0.15) is 30.6 Å². The van der Waals surface area contributed by atoms with Crippen LogP contribution in [0.4, 0.5) is 29.0 Å². The maximum atomic E-state index is 11.7. The van der Waals surface area contributed by atoms with Gasteiger partial charge in [0.1, 0.15) is 0 Å². The van der Waals surface area contributed by atoms with Crippen LogP contribution in [-0.2, 0) is 4.74 Å². The van der Waals surface area contributed by atoms with E-state index in [0.29, 0.717) is 41.8 Å². The van der Waals surface area contributed by atoms with Gasteiger partial charge in [0.25, 0.3) is 0 Å². The molecule has 0 amide bonds. The summed E-state index contributed by atoms with van der Waals surface area (Å²) in [6, 6.07) is 6.56. The summed E-state index contributed by atoms with van der Waals surface area (Å²) in [7, 11) is 0. The van der Waals surface area contributed by atoms with Crippen LogP contribution in [-0.4, -0.2) is 59.5 Å². The number of aromatic nitrogens is 2. The van der Waals surface area contributed by atoms with Gasteiger partial charge < -0.3 is 26.4 Å². The summed E-state index contributed by atoms with van der Waals surface area (Å²) in [6.45, 7) is 7.50. The first-order valence-corrected chi connectivity index (χ1v) is 10.7. The highest BCUT2D eigenvalue weighted by molar-refractivity contribution is 6.18. The van der Waals surface area contributed by atoms with Crippen LogP contribution < -0.4 is 16.8 Å². The zero-order valence-corrected chi connectivity index (χ0v) is 19.8. The molecular weight excluding hydrogens is 455 g/mol. The van der Waals surface area contributed by atoms with Crippen molar-refractivity contribution in [3.8, 4) is 0 Å². The van der Waals surface area contributed by atoms with E-state index in [1.807, 2.05) is 0 Å². The summed E-state index contributed by atoms with van der Waals surface area (Å²) in [5.41, 5.74) is 13.0. The third-order valence-corrected chi connectivity index (χ3v) is 4.53. The molecular formula is C20H30Cl2N8O2. The molecule has 32 heavy (non-hydrogen) atoms. The summed E-state index contributed by atoms with van der Waals surface area (Å²) in [5, 5.41) is 11.6. The van der Waals surface area contributed by atoms with Crippen LogP contribution in [0.3, 0.4) is 0 Å². The first kappa shape index (κ1) is 27.3. The molecule has 176 valence electrons. The van der Waals surface area contributed by atoms with E-state index < -0.39 is 0 Å². The zero-order valence-electron chi connectivity index (χ0n) is 18.3. The van der Waals surface area contributed by atoms with Gasteiger partial charge in [-0.3, -0.25) is 0 Å². The van der Waals surface area contributed by atoms with Gasteiger partial charge in [-0.05, 0) is 50.7 Å². The van der Waals surface area contributed by atoms with Crippen LogP contribution in [0.2, 0.25) is 0 Å². The van der Waals surface area contributed by atoms with Crippen molar-refractivity contribution in [2.24, 2.45) is 10.2 Å². The minimum atomic E-state index is -0.388. The van der Waals surface area contributed by atoms with Crippen molar-refractivity contribution in [2.45, 2.75) is 20.3 Å². The molecule has 0 aliphatic heterocycles. The van der Waals surface area contributed by atoms with E-state index in [9.17, 15) is 4.79 Å². The Hall–Kier alpha value is -2.69. The van der Waals surface area contributed by atoms with E-state index in [0.717, 1.165) is 26.1 Å². The number of azo groups is 1. The van der Waals surface area contributed by atoms with E-state index in [1.54, 1.807) is 31.2 Å². The molecule has 2 aromatic rings. The van der Waals surface area contributed by atoms with Gasteiger partial charge >= 0.3 is 5.97 Å². The van der Waals surface area contributed by atoms with Crippen molar-refractivity contribution < 1.29 is 9.53 Å². The molecule has 0 atom stereocenters. The van der Waals surface area contributed by atoms with Crippen molar-refractivity contribution >= 4 is 58.9 Å². The second-order valence-electron chi connectivity index (χ2n) is 6.54. The van der Waals surface area contributed by atoms with Gasteiger partial charge in [-0.25, -0.2) is 4.79 Å². The molecule has 0 spiro atoms. The fraction of sp³-hybridized carbons (Fsp3) is 0.450. The molecule has 5 N–H and O–H groups in total. The Kier molecular flexibility index (Phi) is 12.3. The highest BCUT2D eigenvalue weighted by Crippen LogP contribution is 2.31. The molecule has 0 radical (unpaired) electrons. The molecule has 2 rings (SSSR count). The zero-order chi connectivity index (χ0) is 22.6. The molecule has 0 aliphatic rings. The number of hydrogen-bond acceptors (Lipinski definition) is 10. The number of carbonyl (C=O) groups excluding carboxylic acids is 1. The molecule has 1 heterocycles. The number of benzene rings is 1. The Labute approximate surface area is 199 Å². The number of alkyl halides is 1. The van der Waals surface area contributed by atoms with Crippen molar-refractivity contribution in [3.05, 3.63) is 29.8 Å². The lowest BCUT2D eigenvalue weighted by atomic mass is 10.2. The Morgan fingerprint density at radius 1 is 1.16 bits per heavy atom. The number of nitrogens with zero attached hydrogens (tertiary/aromatic N) is 5. The summed E-state index contributed by atoms with van der Waals surface area (Å²) < 4.78 is 4.97. The molecule has 0 unspecified atom stereocenters. The first-order valence-electron chi connectivity index (χ1n) is 10.1. The SMILES string of the molecule is CCOC(=O)c1ccc(N=Nc2c(N)nc(N)nc2NCCCN(CC)CCCl)cc1.Cl. The van der Waals surface area contributed by atoms with Crippen LogP contribution >= 0.6 is 24.0 Å². The monoisotopic (exact) mass is 484 g/mol. The molecule has 10 nitrogen and oxygen atoms in total. The number of halogens is 2. The van der Waals surface area contributed by atoms with Gasteiger partial charge in [0.05, 0.1) is 17.9 Å². The normalized spacial score (nSPS) is 10.9. The fourth-order valence-corrected chi connectivity index (χ4v) is 2.99. The van der Waals surface area contributed by atoms with E-state index in [-0.39, 0.29) is 30.1 Å². The van der Waals surface area contributed by atoms with Crippen LogP contribution in [0.5, 0.6) is 0 Å². The number of nitrogens with one attached hydrogen (secondary N) is 1. The van der Waals surface area contributed by atoms with Gasteiger partial charge in [0, 0.05) is 19.0 Å². The number of esters is 1. The number of ether oxygens (including phenoxy) is 1. The topological polar surface area (TPSA) is 144 Å². The highest BCUT2D eigenvalue weighted by Gasteiger charge is 2.12. The summed E-state index contributed by atoms with van der Waals surface area (Å²) in [6.07, 6.45) is 0.875. The third kappa shape index (κ3) is 8.45. The summed E-state index contributed by atoms with van der Waals surface area (Å²) >= 11 is 5.82. The average Bonchev–Trinajstić information content (AvgIpc) is 2.75. The Balaban J connectivity index is 0.00000512. The minimum Gasteiger partial charge on any atom is -0.462 e. The molecule has 0 fully saturated rings. The molecule has 12 heteroatoms. The van der Waals surface area contributed by atoms with Crippen molar-refractivity contribution in [3.63, 3.8) is 0 Å². The number of nitrogens with two attached hydrogens (primary N) is 2. The van der Waals surface area contributed by atoms with Gasteiger partial charge in [-0.1, -0.05) is 6.92 Å². The smallest absolute Gasteiger partial charge is 0.338 e. The summed E-state index contributed by atoms with van der Waals surface area (Å²) in [4.78, 5) is 22.2. The number of nitrogen functional groups attached to an aromatic ring is 2. The van der Waals surface area contributed by atoms with Crippen molar-refractivity contribution in [2.75, 3.05) is 55.5 Å². The van der Waals surface area contributed by atoms with Gasteiger partial charge in [0.15, 0.2) is 17.3 Å². The molecule has 1 aromatic heterocycles. The average molecular weight is 485 g/mol. The largest absolute Gasteiger partial charge is 0.462 e. The van der Waals surface area contributed by atoms with Gasteiger partial charge in [0.2, 0.25) is 5.95 Å². The number of anilines is 3. The lowest BCUT2D eigenvalue weighted by Crippen LogP contribution is -2.27. The van der Waals surface area contributed by atoms with Crippen molar-refractivity contribution in [1.29, 1.82) is 0 Å². The van der Waals surface area contributed by atoms with Gasteiger partial charge in [-0.2, -0.15) is 15.1 Å². The lowest BCUT2D eigenvalue weighted by Gasteiger charge is -2.19. The second-order valence-corrected chi connectivity index (χ2v) is 6.91. The van der Waals surface area contributed by atoms with E-state index >= 15 is 0 Å². The van der Waals surface area contributed by atoms with E-state index in [4.69, 9.17) is 27.8 Å². The molecule has 1 aromatic carbocycles. The maximum absolute atomic E-state index is 11.7. The molecule has 0 saturated heterocycles.